The summed E-state index contributed by atoms with van der Waals surface area (Å²) in [5.74, 6) is -0.801. The van der Waals surface area contributed by atoms with Crippen molar-refractivity contribution >= 4 is 55.9 Å². The minimum atomic E-state index is -3.65. The maximum atomic E-state index is 15.9. The lowest BCUT2D eigenvalue weighted by Gasteiger charge is -2.29. The number of anilines is 3. The predicted octanol–water partition coefficient (Wildman–Crippen LogP) is 8.72. The Labute approximate surface area is 374 Å². The van der Waals surface area contributed by atoms with Crippen LogP contribution >= 0.6 is 0 Å². The number of halogens is 1. The summed E-state index contributed by atoms with van der Waals surface area (Å²) in [5.41, 5.74) is 7.54. The Hall–Kier alpha value is -6.26. The molecule has 64 heavy (non-hydrogen) atoms. The van der Waals surface area contributed by atoms with Crippen LogP contribution in [0.15, 0.2) is 96.0 Å². The van der Waals surface area contributed by atoms with E-state index in [4.69, 9.17) is 19.9 Å². The summed E-state index contributed by atoms with van der Waals surface area (Å²) in [6.45, 7) is 10.7. The largest absolute Gasteiger partial charge is 0.489 e. The molecule has 0 saturated heterocycles. The smallest absolute Gasteiger partial charge is 0.425 e. The molecule has 6 rings (SSSR count). The number of aromatic nitrogens is 1. The van der Waals surface area contributed by atoms with Gasteiger partial charge in [0.15, 0.2) is 15.7 Å². The second-order valence-electron chi connectivity index (χ2n) is 17.9. The van der Waals surface area contributed by atoms with Gasteiger partial charge in [-0.2, -0.15) is 4.90 Å². The maximum absolute atomic E-state index is 15.9. The zero-order valence-corrected chi connectivity index (χ0v) is 38.3. The summed E-state index contributed by atoms with van der Waals surface area (Å²) in [6.07, 6.45) is 0.434. The fraction of sp³-hybridized carbons (Fsp3) is 0.375. The van der Waals surface area contributed by atoms with Crippen molar-refractivity contribution in [3.05, 3.63) is 119 Å². The van der Waals surface area contributed by atoms with E-state index in [9.17, 15) is 22.8 Å². The number of amides is 3. The number of nitrogens with two attached hydrogens (primary N) is 1. The molecule has 0 aliphatic heterocycles. The molecule has 0 bridgehead atoms. The van der Waals surface area contributed by atoms with Crippen LogP contribution in [0, 0.1) is 5.82 Å². The van der Waals surface area contributed by atoms with Gasteiger partial charge in [0.05, 0.1) is 16.3 Å². The van der Waals surface area contributed by atoms with E-state index >= 15 is 4.39 Å². The SMILES string of the molecule is CNCCc1cc(C(Nc2ccc3c(N(C(=O)OC(C)(C)C)C(=O)OC(C)(C)C)ncc(F)c3c2)C(=O)N(C)Cc2cc(N)ccc2S(=O)(=O)C2CC2)ccc1OCc1ccccc1. The number of likely N-dealkylation sites (N-methyl/N-ethyl adjacent to an activating group) is 2. The summed E-state index contributed by atoms with van der Waals surface area (Å²) in [6, 6.07) is 23.2. The Bertz CT molecular complexity index is 2600. The lowest BCUT2D eigenvalue weighted by atomic mass is 9.99. The van der Waals surface area contributed by atoms with Crippen molar-refractivity contribution in [3.8, 4) is 5.75 Å². The molecule has 5 aromatic rings. The van der Waals surface area contributed by atoms with Gasteiger partial charge < -0.3 is 35.5 Å². The van der Waals surface area contributed by atoms with Gasteiger partial charge in [0.1, 0.15) is 35.4 Å². The van der Waals surface area contributed by atoms with Crippen LogP contribution < -0.4 is 26.0 Å². The number of nitrogens with one attached hydrogen (secondary N) is 2. The van der Waals surface area contributed by atoms with Crippen LogP contribution in [0.1, 0.15) is 82.7 Å². The number of carbonyl (C=O) groups is 3. The number of nitrogens with zero attached hydrogens (tertiary/aromatic N) is 3. The van der Waals surface area contributed by atoms with Gasteiger partial charge in [-0.3, -0.25) is 4.79 Å². The molecule has 1 heterocycles. The lowest BCUT2D eigenvalue weighted by molar-refractivity contribution is -0.131. The van der Waals surface area contributed by atoms with E-state index in [0.29, 0.717) is 65.6 Å². The zero-order chi connectivity index (χ0) is 46.6. The maximum Gasteiger partial charge on any atom is 0.425 e. The van der Waals surface area contributed by atoms with Gasteiger partial charge in [0, 0.05) is 35.7 Å². The van der Waals surface area contributed by atoms with Gasteiger partial charge >= 0.3 is 12.2 Å². The third-order valence-corrected chi connectivity index (χ3v) is 12.5. The summed E-state index contributed by atoms with van der Waals surface area (Å²) in [4.78, 5) is 48.4. The number of rotatable bonds is 15. The molecular weight excluding hydrogens is 840 g/mol. The fourth-order valence-electron chi connectivity index (χ4n) is 7.00. The van der Waals surface area contributed by atoms with E-state index in [2.05, 4.69) is 15.6 Å². The van der Waals surface area contributed by atoms with Crippen molar-refractivity contribution in [1.82, 2.24) is 15.2 Å². The number of carbonyl (C=O) groups excluding carboxylic acids is 3. The van der Waals surface area contributed by atoms with Crippen LogP contribution in [0.5, 0.6) is 5.75 Å². The van der Waals surface area contributed by atoms with E-state index in [0.717, 1.165) is 17.3 Å². The Morgan fingerprint density at radius 2 is 1.55 bits per heavy atom. The van der Waals surface area contributed by atoms with E-state index in [1.165, 1.54) is 23.1 Å². The van der Waals surface area contributed by atoms with Gasteiger partial charge in [-0.15, -0.1) is 0 Å². The fourth-order valence-corrected chi connectivity index (χ4v) is 8.86. The van der Waals surface area contributed by atoms with Crippen molar-refractivity contribution in [2.45, 2.75) is 101 Å². The molecule has 4 N–H and O–H groups in total. The third-order valence-electron chi connectivity index (χ3n) is 10.2. The molecule has 1 saturated carbocycles. The van der Waals surface area contributed by atoms with E-state index in [1.54, 1.807) is 72.9 Å². The van der Waals surface area contributed by atoms with Crippen LogP contribution in [0.2, 0.25) is 0 Å². The quantitative estimate of drug-likeness (QED) is 0.0852. The van der Waals surface area contributed by atoms with E-state index in [-0.39, 0.29) is 28.0 Å². The van der Waals surface area contributed by atoms with Crippen LogP contribution in [-0.4, -0.2) is 73.5 Å². The van der Waals surface area contributed by atoms with Crippen molar-refractivity contribution in [2.24, 2.45) is 0 Å². The molecule has 1 aromatic heterocycles. The predicted molar refractivity (Wildman–Crippen MR) is 245 cm³/mol. The summed E-state index contributed by atoms with van der Waals surface area (Å²) in [7, 11) is -0.230. The molecule has 4 aromatic carbocycles. The number of hydrogen-bond acceptors (Lipinski definition) is 12. The standard InChI is InChI=1S/C48H57FN6O8S/c1-47(2,3)62-45(57)55(46(58)63-48(4,5)6)43-37-19-16-35(26-38(37)39(49)27-52-43)53-42(32-14-20-40(31(24-32)22-23-51-7)61-29-30-12-10-9-11-13-30)44(56)54(8)28-33-25-34(50)15-21-41(33)64(59,60)36-17-18-36/h9-16,19-21,24-27,36,42,51,53H,17-18,22-23,28-29,50H2,1-8H3. The minimum absolute atomic E-state index is 0.0271. The van der Waals surface area contributed by atoms with Crippen LogP contribution in [0.25, 0.3) is 10.8 Å². The minimum Gasteiger partial charge on any atom is -0.489 e. The van der Waals surface area contributed by atoms with Crippen LogP contribution in [0.4, 0.5) is 31.2 Å². The Morgan fingerprint density at radius 1 is 0.875 bits per heavy atom. The Balaban J connectivity index is 1.42. The molecule has 0 radical (unpaired) electrons. The third kappa shape index (κ3) is 11.6. The zero-order valence-electron chi connectivity index (χ0n) is 37.5. The number of nitrogen functional groups attached to an aromatic ring is 1. The lowest BCUT2D eigenvalue weighted by Crippen LogP contribution is -2.44. The number of hydrogen-bond donors (Lipinski definition) is 3. The first-order valence-corrected chi connectivity index (χ1v) is 22.6. The summed E-state index contributed by atoms with van der Waals surface area (Å²) in [5, 5.41) is 6.06. The molecule has 1 fully saturated rings. The molecule has 16 heteroatoms. The molecule has 1 aliphatic rings. The molecule has 340 valence electrons. The second kappa shape index (κ2) is 19.2. The van der Waals surface area contributed by atoms with Crippen molar-refractivity contribution in [3.63, 3.8) is 0 Å². The molecule has 1 aliphatic carbocycles. The average Bonchev–Trinajstić information content (AvgIpc) is 4.08. The first-order chi connectivity index (χ1) is 30.1. The second-order valence-corrected chi connectivity index (χ2v) is 20.1. The topological polar surface area (TPSA) is 182 Å². The first-order valence-electron chi connectivity index (χ1n) is 21.1. The van der Waals surface area contributed by atoms with Gasteiger partial charge in [-0.05, 0) is 145 Å². The first kappa shape index (κ1) is 47.2. The van der Waals surface area contributed by atoms with Crippen molar-refractivity contribution in [1.29, 1.82) is 0 Å². The molecule has 0 spiro atoms. The molecule has 1 atom stereocenters. The average molecular weight is 897 g/mol. The highest BCUT2D eigenvalue weighted by Gasteiger charge is 2.39. The molecule has 1 unspecified atom stereocenters. The molecule has 14 nitrogen and oxygen atoms in total. The van der Waals surface area contributed by atoms with Crippen LogP contribution in [0.3, 0.4) is 0 Å². The van der Waals surface area contributed by atoms with Gasteiger partial charge in [-0.25, -0.2) is 27.4 Å². The summed E-state index contributed by atoms with van der Waals surface area (Å²) >= 11 is 0. The van der Waals surface area contributed by atoms with Crippen molar-refractivity contribution in [2.75, 3.05) is 36.6 Å². The van der Waals surface area contributed by atoms with Gasteiger partial charge in [-0.1, -0.05) is 36.4 Å². The van der Waals surface area contributed by atoms with Crippen LogP contribution in [-0.2, 0) is 43.7 Å². The Morgan fingerprint density at radius 3 is 2.17 bits per heavy atom. The monoisotopic (exact) mass is 896 g/mol. The molecular formula is C48H57FN6O8S. The number of sulfone groups is 1. The highest BCUT2D eigenvalue weighted by Crippen LogP contribution is 2.37. The number of ether oxygens (including phenoxy) is 3. The van der Waals surface area contributed by atoms with E-state index < -0.39 is 56.2 Å². The summed E-state index contributed by atoms with van der Waals surface area (Å²) < 4.78 is 60.3. The normalized spacial score (nSPS) is 13.5. The van der Waals surface area contributed by atoms with Gasteiger partial charge in [0.25, 0.3) is 0 Å². The highest BCUT2D eigenvalue weighted by atomic mass is 32.2. The van der Waals surface area contributed by atoms with E-state index in [1.807, 2.05) is 49.5 Å². The molecule has 3 amide bonds. The van der Waals surface area contributed by atoms with Gasteiger partial charge in [0.2, 0.25) is 5.91 Å². The number of pyridine rings is 1. The number of imide groups is 1. The number of benzene rings is 4. The number of fused-ring (bicyclic) bond motifs is 1. The Kier molecular flexibility index (Phi) is 14.2. The van der Waals surface area contributed by atoms with Crippen molar-refractivity contribution < 1.29 is 41.4 Å². The highest BCUT2D eigenvalue weighted by molar-refractivity contribution is 7.92.